The Labute approximate surface area is 172 Å². The summed E-state index contributed by atoms with van der Waals surface area (Å²) >= 11 is 0. The van der Waals surface area contributed by atoms with E-state index in [9.17, 15) is 13.2 Å². The van der Waals surface area contributed by atoms with Crippen LogP contribution in [-0.4, -0.2) is 24.5 Å². The molecule has 1 aromatic heterocycles. The fraction of sp³-hybridized carbons (Fsp3) is 0.182. The van der Waals surface area contributed by atoms with E-state index in [1.165, 1.54) is 12.1 Å². The average Bonchev–Trinajstić information content (AvgIpc) is 3.22. The second kappa shape index (κ2) is 9.65. The lowest BCUT2D eigenvalue weighted by Gasteiger charge is -2.08. The number of nitrogens with one attached hydrogen (secondary N) is 2. The summed E-state index contributed by atoms with van der Waals surface area (Å²) in [4.78, 5) is 8.50. The first kappa shape index (κ1) is 21.0. The number of aromatic nitrogens is 1. The van der Waals surface area contributed by atoms with Gasteiger partial charge in [0.25, 0.3) is 0 Å². The maximum absolute atomic E-state index is 12.7. The molecular formula is C22H19F3N4O. The van der Waals surface area contributed by atoms with Crippen LogP contribution >= 0.6 is 0 Å². The molecular weight excluding hydrogens is 393 g/mol. The summed E-state index contributed by atoms with van der Waals surface area (Å²) in [6, 6.07) is 14.5. The maximum Gasteiger partial charge on any atom is 0.416 e. The predicted molar refractivity (Wildman–Crippen MR) is 108 cm³/mol. The van der Waals surface area contributed by atoms with Crippen LogP contribution in [0.2, 0.25) is 0 Å². The molecule has 2 aromatic carbocycles. The number of rotatable bonds is 4. The van der Waals surface area contributed by atoms with Crippen molar-refractivity contribution < 1.29 is 17.6 Å². The molecule has 0 aliphatic rings. The SMILES string of the molecule is CN=C(NCC#Cc1cccc(C(F)(F)F)c1)NCc1coc(-c2ccccc2)n1. The molecule has 3 rings (SSSR count). The summed E-state index contributed by atoms with van der Waals surface area (Å²) in [6.45, 7) is 0.598. The normalized spacial score (nSPS) is 11.5. The van der Waals surface area contributed by atoms with Gasteiger partial charge in [0.2, 0.25) is 5.89 Å². The van der Waals surface area contributed by atoms with E-state index in [0.717, 1.165) is 17.7 Å². The molecule has 0 bridgehead atoms. The zero-order valence-electron chi connectivity index (χ0n) is 16.1. The Hall–Kier alpha value is -3.73. The summed E-state index contributed by atoms with van der Waals surface area (Å²) in [5.74, 6) is 6.51. The molecule has 2 N–H and O–H groups in total. The van der Waals surface area contributed by atoms with Gasteiger partial charge in [-0.2, -0.15) is 13.2 Å². The van der Waals surface area contributed by atoms with E-state index in [1.807, 2.05) is 30.3 Å². The minimum atomic E-state index is -4.39. The number of aliphatic imine (C=N–C) groups is 1. The predicted octanol–water partition coefficient (Wildman–Crippen LogP) is 4.08. The summed E-state index contributed by atoms with van der Waals surface area (Å²) in [5, 5.41) is 6.06. The quantitative estimate of drug-likeness (QED) is 0.385. The van der Waals surface area contributed by atoms with Crippen molar-refractivity contribution in [3.05, 3.63) is 77.7 Å². The molecule has 0 unspecified atom stereocenters. The molecule has 3 aromatic rings. The van der Waals surface area contributed by atoms with Gasteiger partial charge in [0.1, 0.15) is 6.26 Å². The highest BCUT2D eigenvalue weighted by molar-refractivity contribution is 5.79. The lowest BCUT2D eigenvalue weighted by Crippen LogP contribution is -2.37. The first-order valence-corrected chi connectivity index (χ1v) is 9.06. The number of nitrogens with zero attached hydrogens (tertiary/aromatic N) is 2. The van der Waals surface area contributed by atoms with Gasteiger partial charge in [0, 0.05) is 18.2 Å². The van der Waals surface area contributed by atoms with Crippen LogP contribution < -0.4 is 10.6 Å². The molecule has 0 atom stereocenters. The van der Waals surface area contributed by atoms with E-state index in [1.54, 1.807) is 13.3 Å². The third-order valence-electron chi connectivity index (χ3n) is 4.00. The van der Waals surface area contributed by atoms with E-state index in [2.05, 4.69) is 32.5 Å². The molecule has 0 radical (unpaired) electrons. The number of hydrogen-bond donors (Lipinski definition) is 2. The number of hydrogen-bond acceptors (Lipinski definition) is 3. The Morgan fingerprint density at radius 2 is 1.90 bits per heavy atom. The van der Waals surface area contributed by atoms with Crippen LogP contribution in [0.5, 0.6) is 0 Å². The summed E-state index contributed by atoms with van der Waals surface area (Å²) in [7, 11) is 1.60. The van der Waals surface area contributed by atoms with Gasteiger partial charge in [-0.05, 0) is 30.3 Å². The molecule has 0 spiro atoms. The van der Waals surface area contributed by atoms with Crippen LogP contribution in [0.3, 0.4) is 0 Å². The smallest absolute Gasteiger partial charge is 0.416 e. The van der Waals surface area contributed by atoms with Crippen molar-refractivity contribution in [2.24, 2.45) is 4.99 Å². The Kier molecular flexibility index (Phi) is 6.75. The van der Waals surface area contributed by atoms with Crippen molar-refractivity contribution in [2.45, 2.75) is 12.7 Å². The molecule has 0 aliphatic heterocycles. The summed E-state index contributed by atoms with van der Waals surface area (Å²) in [5.41, 5.74) is 1.16. The minimum absolute atomic E-state index is 0.212. The Balaban J connectivity index is 1.51. The molecule has 0 saturated heterocycles. The van der Waals surface area contributed by atoms with Crippen LogP contribution in [0, 0.1) is 11.8 Å². The van der Waals surface area contributed by atoms with E-state index >= 15 is 0 Å². The van der Waals surface area contributed by atoms with Crippen LogP contribution in [0.1, 0.15) is 16.8 Å². The highest BCUT2D eigenvalue weighted by Gasteiger charge is 2.30. The van der Waals surface area contributed by atoms with Gasteiger partial charge in [-0.15, -0.1) is 0 Å². The molecule has 8 heteroatoms. The van der Waals surface area contributed by atoms with E-state index in [0.29, 0.717) is 29.7 Å². The van der Waals surface area contributed by atoms with Gasteiger partial charge in [0.05, 0.1) is 24.3 Å². The Bertz CT molecular complexity index is 1060. The van der Waals surface area contributed by atoms with Gasteiger partial charge >= 0.3 is 6.18 Å². The Morgan fingerprint density at radius 1 is 1.10 bits per heavy atom. The van der Waals surface area contributed by atoms with Crippen molar-refractivity contribution in [1.29, 1.82) is 0 Å². The maximum atomic E-state index is 12.7. The van der Waals surface area contributed by atoms with Crippen LogP contribution in [0.15, 0.2) is 70.3 Å². The first-order valence-electron chi connectivity index (χ1n) is 9.06. The molecule has 0 fully saturated rings. The molecule has 0 saturated carbocycles. The third kappa shape index (κ3) is 5.88. The highest BCUT2D eigenvalue weighted by Crippen LogP contribution is 2.29. The number of oxazole rings is 1. The zero-order valence-corrected chi connectivity index (χ0v) is 16.1. The molecule has 0 aliphatic carbocycles. The van der Waals surface area contributed by atoms with E-state index < -0.39 is 11.7 Å². The fourth-order valence-electron chi connectivity index (χ4n) is 2.54. The summed E-state index contributed by atoms with van der Waals surface area (Å²) in [6.07, 6.45) is -2.82. The molecule has 154 valence electrons. The van der Waals surface area contributed by atoms with Crippen molar-refractivity contribution in [2.75, 3.05) is 13.6 Å². The van der Waals surface area contributed by atoms with E-state index in [-0.39, 0.29) is 6.54 Å². The third-order valence-corrected chi connectivity index (χ3v) is 4.00. The van der Waals surface area contributed by atoms with Gasteiger partial charge in [-0.1, -0.05) is 36.1 Å². The topological polar surface area (TPSA) is 62.5 Å². The largest absolute Gasteiger partial charge is 0.444 e. The van der Waals surface area contributed by atoms with Crippen LogP contribution in [0.25, 0.3) is 11.5 Å². The van der Waals surface area contributed by atoms with Crippen molar-refractivity contribution >= 4 is 5.96 Å². The second-order valence-corrected chi connectivity index (χ2v) is 6.17. The molecule has 30 heavy (non-hydrogen) atoms. The number of benzene rings is 2. The number of alkyl halides is 3. The standard InChI is InChI=1S/C22H19F3N4O/c1-26-21(27-12-6-8-16-7-5-11-18(13-16)22(23,24)25)28-14-19-15-30-20(29-19)17-9-3-2-4-10-17/h2-5,7,9-11,13,15H,12,14H2,1H3,(H2,26,27,28). The van der Waals surface area contributed by atoms with Gasteiger partial charge in [-0.25, -0.2) is 4.98 Å². The fourth-order valence-corrected chi connectivity index (χ4v) is 2.54. The summed E-state index contributed by atoms with van der Waals surface area (Å²) < 4.78 is 43.7. The second-order valence-electron chi connectivity index (χ2n) is 6.17. The average molecular weight is 412 g/mol. The highest BCUT2D eigenvalue weighted by atomic mass is 19.4. The molecule has 5 nitrogen and oxygen atoms in total. The van der Waals surface area contributed by atoms with Crippen LogP contribution in [0.4, 0.5) is 13.2 Å². The molecule has 0 amide bonds. The number of halogens is 3. The lowest BCUT2D eigenvalue weighted by molar-refractivity contribution is -0.137. The van der Waals surface area contributed by atoms with Crippen molar-refractivity contribution in [3.8, 4) is 23.3 Å². The van der Waals surface area contributed by atoms with Crippen molar-refractivity contribution in [3.63, 3.8) is 0 Å². The van der Waals surface area contributed by atoms with Gasteiger partial charge in [-0.3, -0.25) is 4.99 Å². The molecule has 1 heterocycles. The van der Waals surface area contributed by atoms with Gasteiger partial charge in [0.15, 0.2) is 5.96 Å². The minimum Gasteiger partial charge on any atom is -0.444 e. The van der Waals surface area contributed by atoms with Gasteiger partial charge < -0.3 is 15.1 Å². The van der Waals surface area contributed by atoms with Crippen LogP contribution in [-0.2, 0) is 12.7 Å². The lowest BCUT2D eigenvalue weighted by atomic mass is 10.1. The monoisotopic (exact) mass is 412 g/mol. The van der Waals surface area contributed by atoms with Crippen molar-refractivity contribution in [1.82, 2.24) is 15.6 Å². The van der Waals surface area contributed by atoms with E-state index in [4.69, 9.17) is 4.42 Å². The zero-order chi connectivity index (χ0) is 21.4. The number of guanidine groups is 1. The Morgan fingerprint density at radius 3 is 2.63 bits per heavy atom. The first-order chi connectivity index (χ1) is 14.5.